The summed E-state index contributed by atoms with van der Waals surface area (Å²) in [6, 6.07) is -1.73. The van der Waals surface area contributed by atoms with Crippen LogP contribution < -0.4 is 16.0 Å². The van der Waals surface area contributed by atoms with E-state index in [2.05, 4.69) is 36.7 Å². The fourth-order valence-electron chi connectivity index (χ4n) is 9.61. The number of nitrogens with one attached hydrogen (secondary N) is 3. The van der Waals surface area contributed by atoms with Crippen LogP contribution in [0.1, 0.15) is 310 Å². The second-order valence-electron chi connectivity index (χ2n) is 22.1. The first kappa shape index (κ1) is 75.1. The summed E-state index contributed by atoms with van der Waals surface area (Å²) < 4.78 is 11.5. The Kier molecular flexibility index (Phi) is 50.8. The van der Waals surface area contributed by atoms with E-state index < -0.39 is 85.1 Å². The molecule has 0 bridgehead atoms. The molecule has 460 valence electrons. The molecule has 0 aliphatic heterocycles. The van der Waals surface area contributed by atoms with Crippen molar-refractivity contribution in [1.82, 2.24) is 16.0 Å². The zero-order valence-corrected chi connectivity index (χ0v) is 50.7. The van der Waals surface area contributed by atoms with E-state index in [1.165, 1.54) is 159 Å². The van der Waals surface area contributed by atoms with Crippen LogP contribution in [0.2, 0.25) is 0 Å². The maximum absolute atomic E-state index is 14.1. The zero-order chi connectivity index (χ0) is 58.5. The van der Waals surface area contributed by atoms with Crippen LogP contribution in [0.25, 0.3) is 0 Å². The standard InChI is InChI=1S/C62H113N3O13S/c1-4-7-10-13-16-19-22-24-27-30-33-36-39-42-58(72)77-50-52(78-59(73)43-40-37-34-31-28-25-23-20-17-14-11-8-5-2)51-79-49-47-55(67)65-62(48-46-57(70)71,61(76)63-53(60(74)75)44-45-56(68)69)64-54(66)41-38-35-32-29-26-21-18-15-12-9-6-3/h52-53H,4-51H2,1-3H3,(H,63,76)(H,64,66)(H,65,67)(H,68,69)(H,70,71)(H,74,75)/t52-,53-,62-/m1/s1. The average molecular weight is 1140 g/mol. The van der Waals surface area contributed by atoms with E-state index in [-0.39, 0.29) is 49.8 Å². The van der Waals surface area contributed by atoms with Crippen molar-refractivity contribution in [3.8, 4) is 0 Å². The van der Waals surface area contributed by atoms with Crippen molar-refractivity contribution < 1.29 is 63.1 Å². The predicted octanol–water partition coefficient (Wildman–Crippen LogP) is 14.5. The van der Waals surface area contributed by atoms with Gasteiger partial charge in [-0.15, -0.1) is 0 Å². The van der Waals surface area contributed by atoms with E-state index in [0.29, 0.717) is 19.3 Å². The van der Waals surface area contributed by atoms with Crippen LogP contribution in [-0.2, 0) is 47.8 Å². The molecule has 0 radical (unpaired) electrons. The van der Waals surface area contributed by atoms with Gasteiger partial charge in [0.1, 0.15) is 18.8 Å². The van der Waals surface area contributed by atoms with Crippen LogP contribution in [0.3, 0.4) is 0 Å². The number of thioether (sulfide) groups is 1. The van der Waals surface area contributed by atoms with Gasteiger partial charge in [0, 0.05) is 56.5 Å². The van der Waals surface area contributed by atoms with Crippen molar-refractivity contribution in [2.45, 2.75) is 328 Å². The van der Waals surface area contributed by atoms with Crippen molar-refractivity contribution in [3.05, 3.63) is 0 Å². The molecule has 0 saturated heterocycles. The van der Waals surface area contributed by atoms with Crippen LogP contribution in [0.15, 0.2) is 0 Å². The number of carbonyl (C=O) groups excluding carboxylic acids is 5. The van der Waals surface area contributed by atoms with E-state index in [0.717, 1.165) is 70.6 Å². The Morgan fingerprint density at radius 2 is 0.785 bits per heavy atom. The van der Waals surface area contributed by atoms with Gasteiger partial charge in [0.05, 0.1) is 0 Å². The van der Waals surface area contributed by atoms with Gasteiger partial charge in [-0.25, -0.2) is 4.79 Å². The topological polar surface area (TPSA) is 252 Å². The van der Waals surface area contributed by atoms with E-state index in [9.17, 15) is 53.7 Å². The molecule has 0 aromatic rings. The lowest BCUT2D eigenvalue weighted by Crippen LogP contribution is -2.70. The number of ether oxygens (including phenoxy) is 2. The van der Waals surface area contributed by atoms with Crippen molar-refractivity contribution >= 4 is 59.3 Å². The smallest absolute Gasteiger partial charge is 0.326 e. The van der Waals surface area contributed by atoms with Gasteiger partial charge in [-0.1, -0.05) is 239 Å². The molecule has 0 rings (SSSR count). The van der Waals surface area contributed by atoms with E-state index >= 15 is 0 Å². The van der Waals surface area contributed by atoms with Gasteiger partial charge in [0.25, 0.3) is 5.91 Å². The number of carboxylic acid groups (broad SMARTS) is 3. The third kappa shape index (κ3) is 47.5. The number of carbonyl (C=O) groups is 8. The van der Waals surface area contributed by atoms with E-state index in [1.54, 1.807) is 0 Å². The highest BCUT2D eigenvalue weighted by atomic mass is 32.2. The lowest BCUT2D eigenvalue weighted by atomic mass is 9.99. The van der Waals surface area contributed by atoms with Gasteiger partial charge in [0.2, 0.25) is 11.8 Å². The summed E-state index contributed by atoms with van der Waals surface area (Å²) in [6.07, 6.45) is 39.0. The van der Waals surface area contributed by atoms with Crippen LogP contribution in [0.5, 0.6) is 0 Å². The molecule has 0 fully saturated rings. The number of amides is 3. The van der Waals surface area contributed by atoms with E-state index in [4.69, 9.17) is 9.47 Å². The molecule has 17 heteroatoms. The summed E-state index contributed by atoms with van der Waals surface area (Å²) in [6.45, 7) is 6.50. The number of unbranched alkanes of at least 4 members (excludes halogenated alkanes) is 34. The number of carboxylic acids is 3. The third-order valence-corrected chi connectivity index (χ3v) is 15.6. The minimum atomic E-state index is -2.39. The first-order valence-corrected chi connectivity index (χ1v) is 32.9. The first-order chi connectivity index (χ1) is 38.2. The molecular weight excluding hydrogens is 1030 g/mol. The van der Waals surface area contributed by atoms with Crippen molar-refractivity contribution in [1.29, 1.82) is 0 Å². The molecular formula is C62H113N3O13S. The molecule has 0 aromatic carbocycles. The monoisotopic (exact) mass is 1140 g/mol. The lowest BCUT2D eigenvalue weighted by Gasteiger charge is -2.35. The molecule has 6 N–H and O–H groups in total. The Hall–Kier alpha value is -3.89. The normalized spacial score (nSPS) is 12.7. The quantitative estimate of drug-likeness (QED) is 0.0188. The molecule has 0 unspecified atom stereocenters. The Morgan fingerprint density at radius 3 is 1.16 bits per heavy atom. The second-order valence-corrected chi connectivity index (χ2v) is 23.2. The average Bonchev–Trinajstić information content (AvgIpc) is 3.42. The minimum absolute atomic E-state index is 0.0460. The van der Waals surface area contributed by atoms with E-state index in [1.807, 2.05) is 0 Å². The summed E-state index contributed by atoms with van der Waals surface area (Å²) in [5, 5.41) is 36.1. The number of rotatable bonds is 59. The summed E-state index contributed by atoms with van der Waals surface area (Å²) in [5.41, 5.74) is -2.39. The van der Waals surface area contributed by atoms with Crippen molar-refractivity contribution in [3.63, 3.8) is 0 Å². The molecule has 0 aliphatic rings. The second kappa shape index (κ2) is 53.4. The summed E-state index contributed by atoms with van der Waals surface area (Å²) >= 11 is 1.24. The molecule has 0 spiro atoms. The summed E-state index contributed by atoms with van der Waals surface area (Å²) in [4.78, 5) is 103. The number of aliphatic carboxylic acids is 3. The molecule has 0 aliphatic carbocycles. The number of esters is 2. The SMILES string of the molecule is CCCCCCCCCCCCCCCC(=O)OC[C@H](CSCCC(=O)N[C@@](CCC(=O)O)(NC(=O)CCCCCCCCCCCCC)C(=O)N[C@H](CCC(=O)O)C(=O)O)OC(=O)CCCCCCCCCCCCCCC. The Bertz CT molecular complexity index is 1600. The molecule has 79 heavy (non-hydrogen) atoms. The van der Waals surface area contributed by atoms with Crippen LogP contribution in [0, 0.1) is 0 Å². The van der Waals surface area contributed by atoms with Gasteiger partial charge >= 0.3 is 29.8 Å². The van der Waals surface area contributed by atoms with Gasteiger partial charge in [-0.3, -0.25) is 33.6 Å². The minimum Gasteiger partial charge on any atom is -0.481 e. The van der Waals surface area contributed by atoms with Gasteiger partial charge in [-0.2, -0.15) is 11.8 Å². The highest BCUT2D eigenvalue weighted by molar-refractivity contribution is 7.99. The molecule has 0 heterocycles. The first-order valence-electron chi connectivity index (χ1n) is 31.7. The number of hydrogen-bond donors (Lipinski definition) is 6. The molecule has 0 saturated carbocycles. The lowest BCUT2D eigenvalue weighted by molar-refractivity contribution is -0.157. The van der Waals surface area contributed by atoms with Crippen molar-refractivity contribution in [2.75, 3.05) is 18.1 Å². The predicted molar refractivity (Wildman–Crippen MR) is 317 cm³/mol. The summed E-state index contributed by atoms with van der Waals surface area (Å²) in [7, 11) is 0. The maximum atomic E-state index is 14.1. The van der Waals surface area contributed by atoms with Crippen LogP contribution >= 0.6 is 11.8 Å². The maximum Gasteiger partial charge on any atom is 0.326 e. The van der Waals surface area contributed by atoms with Crippen LogP contribution in [-0.4, -0.2) is 98.8 Å². The Balaban J connectivity index is 5.69. The molecule has 0 aromatic heterocycles. The highest BCUT2D eigenvalue weighted by Crippen LogP contribution is 2.20. The van der Waals surface area contributed by atoms with Crippen molar-refractivity contribution in [2.24, 2.45) is 0 Å². The highest BCUT2D eigenvalue weighted by Gasteiger charge is 2.43. The molecule has 3 atom stereocenters. The number of hydrogen-bond acceptors (Lipinski definition) is 11. The largest absolute Gasteiger partial charge is 0.481 e. The zero-order valence-electron chi connectivity index (χ0n) is 49.9. The molecule has 3 amide bonds. The Morgan fingerprint density at radius 1 is 0.430 bits per heavy atom. The molecule has 16 nitrogen and oxygen atoms in total. The van der Waals surface area contributed by atoms with Gasteiger partial charge < -0.3 is 40.7 Å². The fourth-order valence-corrected chi connectivity index (χ4v) is 10.5. The van der Waals surface area contributed by atoms with Gasteiger partial charge in [-0.05, 0) is 25.7 Å². The Labute approximate surface area is 482 Å². The fraction of sp³-hybridized carbons (Fsp3) is 0.871. The van der Waals surface area contributed by atoms with Gasteiger partial charge in [0.15, 0.2) is 5.66 Å². The third-order valence-electron chi connectivity index (χ3n) is 14.5. The summed E-state index contributed by atoms with van der Waals surface area (Å²) in [5.74, 6) is -7.31. The van der Waals surface area contributed by atoms with Crippen LogP contribution in [0.4, 0.5) is 0 Å².